The Hall–Kier alpha value is -0.780. The van der Waals surface area contributed by atoms with Crippen molar-refractivity contribution in [2.75, 3.05) is 6.54 Å². The van der Waals surface area contributed by atoms with Gasteiger partial charge in [-0.25, -0.2) is 4.79 Å². The van der Waals surface area contributed by atoms with Gasteiger partial charge in [0.2, 0.25) is 0 Å². The quantitative estimate of drug-likeness (QED) is 0.683. The molecule has 1 aliphatic heterocycles. The van der Waals surface area contributed by atoms with Gasteiger partial charge >= 0.3 is 6.09 Å². The summed E-state index contributed by atoms with van der Waals surface area (Å²) in [5.74, 6) is 0. The molecule has 0 radical (unpaired) electrons. The van der Waals surface area contributed by atoms with Crippen LogP contribution in [0.1, 0.15) is 25.0 Å². The molecule has 3 nitrogen and oxygen atoms in total. The Balaban J connectivity index is 2.37. The van der Waals surface area contributed by atoms with Crippen LogP contribution < -0.4 is 0 Å². The van der Waals surface area contributed by atoms with E-state index in [4.69, 9.17) is 3.07 Å². The van der Waals surface area contributed by atoms with Crippen molar-refractivity contribution in [2.45, 2.75) is 25.8 Å². The molecule has 0 spiro atoms. The third-order valence-electron chi connectivity index (χ3n) is 3.02. The van der Waals surface area contributed by atoms with E-state index >= 15 is 0 Å². The highest BCUT2D eigenvalue weighted by atomic mass is 127. The predicted octanol–water partition coefficient (Wildman–Crippen LogP) is 3.27. The van der Waals surface area contributed by atoms with Gasteiger partial charge in [0.15, 0.2) is 23.0 Å². The van der Waals surface area contributed by atoms with Gasteiger partial charge in [-0.15, -0.1) is 0 Å². The third kappa shape index (κ3) is 2.03. The lowest BCUT2D eigenvalue weighted by Crippen LogP contribution is -2.44. The monoisotopic (exact) mass is 331 g/mol. The fraction of sp³-hybridized carbons (Fsp3) is 0.417. The van der Waals surface area contributed by atoms with Crippen LogP contribution in [0.4, 0.5) is 4.79 Å². The van der Waals surface area contributed by atoms with Crippen LogP contribution in [0.5, 0.6) is 0 Å². The lowest BCUT2D eigenvalue weighted by Gasteiger charge is -2.38. The van der Waals surface area contributed by atoms with E-state index in [0.717, 1.165) is 0 Å². The molecule has 0 unspecified atom stereocenters. The molecule has 1 heterocycles. The highest BCUT2D eigenvalue weighted by Crippen LogP contribution is 2.33. The highest BCUT2D eigenvalue weighted by Gasteiger charge is 2.33. The first-order chi connectivity index (χ1) is 7.54. The van der Waals surface area contributed by atoms with Crippen molar-refractivity contribution in [1.29, 1.82) is 0 Å². The Morgan fingerprint density at radius 3 is 2.81 bits per heavy atom. The summed E-state index contributed by atoms with van der Waals surface area (Å²) in [6, 6.07) is 8.27. The maximum Gasteiger partial charge on any atom is 0.419 e. The fourth-order valence-corrected chi connectivity index (χ4v) is 2.60. The standard InChI is InChI=1S/C12H14INO2/c1-12(2)8-14(11(15)16-13)7-9-5-3-4-6-10(9)12/h3-6H,7-8H2,1-2H3. The molecule has 0 atom stereocenters. The van der Waals surface area contributed by atoms with Crippen LogP contribution in [0.2, 0.25) is 0 Å². The van der Waals surface area contributed by atoms with Crippen LogP contribution in [0.3, 0.4) is 0 Å². The third-order valence-corrected chi connectivity index (χ3v) is 3.39. The minimum Gasteiger partial charge on any atom is -0.378 e. The predicted molar refractivity (Wildman–Crippen MR) is 70.4 cm³/mol. The van der Waals surface area contributed by atoms with Crippen LogP contribution in [-0.4, -0.2) is 17.5 Å². The highest BCUT2D eigenvalue weighted by molar-refractivity contribution is 14.1. The molecule has 1 aromatic rings. The first kappa shape index (κ1) is 11.7. The van der Waals surface area contributed by atoms with Crippen LogP contribution >= 0.6 is 23.0 Å². The molecule has 0 saturated heterocycles. The second kappa shape index (κ2) is 4.24. The Bertz CT molecular complexity index is 417. The molecule has 0 fully saturated rings. The van der Waals surface area contributed by atoms with Crippen LogP contribution in [0.25, 0.3) is 0 Å². The summed E-state index contributed by atoms with van der Waals surface area (Å²) in [7, 11) is 0. The number of halogens is 1. The van der Waals surface area contributed by atoms with Gasteiger partial charge in [0, 0.05) is 18.5 Å². The smallest absolute Gasteiger partial charge is 0.378 e. The summed E-state index contributed by atoms with van der Waals surface area (Å²) in [5, 5.41) is 0. The molecule has 1 aliphatic rings. The minimum absolute atomic E-state index is 0.0142. The largest absolute Gasteiger partial charge is 0.419 e. The zero-order valence-electron chi connectivity index (χ0n) is 9.37. The van der Waals surface area contributed by atoms with Gasteiger partial charge in [-0.3, -0.25) is 0 Å². The topological polar surface area (TPSA) is 29.5 Å². The second-order valence-corrected chi connectivity index (χ2v) is 5.18. The number of carbonyl (C=O) groups is 1. The molecule has 0 aromatic heterocycles. The number of rotatable bonds is 0. The van der Waals surface area contributed by atoms with Crippen LogP contribution in [0.15, 0.2) is 24.3 Å². The summed E-state index contributed by atoms with van der Waals surface area (Å²) < 4.78 is 4.76. The number of nitrogens with zero attached hydrogens (tertiary/aromatic N) is 1. The summed E-state index contributed by atoms with van der Waals surface area (Å²) in [6.07, 6.45) is -0.261. The molecule has 1 amide bonds. The maximum atomic E-state index is 11.6. The summed E-state index contributed by atoms with van der Waals surface area (Å²) >= 11 is 1.64. The molecule has 0 bridgehead atoms. The van der Waals surface area contributed by atoms with Crippen molar-refractivity contribution in [1.82, 2.24) is 4.90 Å². The average Bonchev–Trinajstić information content (AvgIpc) is 2.27. The Morgan fingerprint density at radius 1 is 1.44 bits per heavy atom. The van der Waals surface area contributed by atoms with E-state index in [9.17, 15) is 4.79 Å². The molecule has 86 valence electrons. The summed E-state index contributed by atoms with van der Waals surface area (Å²) in [5.41, 5.74) is 2.52. The summed E-state index contributed by atoms with van der Waals surface area (Å²) in [6.45, 7) is 5.64. The number of hydrogen-bond acceptors (Lipinski definition) is 2. The Kier molecular flexibility index (Phi) is 3.10. The zero-order chi connectivity index (χ0) is 11.8. The van der Waals surface area contributed by atoms with Gasteiger partial charge in [0.25, 0.3) is 0 Å². The van der Waals surface area contributed by atoms with E-state index in [1.165, 1.54) is 11.1 Å². The van der Waals surface area contributed by atoms with Crippen molar-refractivity contribution in [2.24, 2.45) is 0 Å². The molecule has 0 N–H and O–H groups in total. The molecule has 2 rings (SSSR count). The Morgan fingerprint density at radius 2 is 2.12 bits per heavy atom. The molecule has 0 aliphatic carbocycles. The number of amides is 1. The van der Waals surface area contributed by atoms with E-state index in [2.05, 4.69) is 26.0 Å². The van der Waals surface area contributed by atoms with Crippen molar-refractivity contribution in [3.63, 3.8) is 0 Å². The first-order valence-corrected chi connectivity index (χ1v) is 6.08. The molecular formula is C12H14INO2. The summed E-state index contributed by atoms with van der Waals surface area (Å²) in [4.78, 5) is 13.3. The lowest BCUT2D eigenvalue weighted by molar-refractivity contribution is 0.145. The molecular weight excluding hydrogens is 317 g/mol. The van der Waals surface area contributed by atoms with Gasteiger partial charge in [0.05, 0.1) is 0 Å². The number of fused-ring (bicyclic) bond motifs is 1. The van der Waals surface area contributed by atoms with Crippen LogP contribution in [0, 0.1) is 0 Å². The van der Waals surface area contributed by atoms with Crippen molar-refractivity contribution >= 4 is 29.1 Å². The van der Waals surface area contributed by atoms with Gasteiger partial charge in [0.1, 0.15) is 0 Å². The molecule has 16 heavy (non-hydrogen) atoms. The number of carbonyl (C=O) groups excluding carboxylic acids is 1. The van der Waals surface area contributed by atoms with E-state index in [1.54, 1.807) is 27.9 Å². The average molecular weight is 331 g/mol. The minimum atomic E-state index is -0.261. The fourth-order valence-electron chi connectivity index (χ4n) is 2.32. The van der Waals surface area contributed by atoms with E-state index < -0.39 is 0 Å². The van der Waals surface area contributed by atoms with Crippen LogP contribution in [-0.2, 0) is 15.0 Å². The maximum absolute atomic E-state index is 11.6. The second-order valence-electron chi connectivity index (χ2n) is 4.74. The lowest BCUT2D eigenvalue weighted by atomic mass is 9.78. The van der Waals surface area contributed by atoms with E-state index in [-0.39, 0.29) is 11.5 Å². The molecule has 4 heteroatoms. The van der Waals surface area contributed by atoms with Gasteiger partial charge in [-0.05, 0) is 11.1 Å². The van der Waals surface area contributed by atoms with Gasteiger partial charge in [-0.2, -0.15) is 0 Å². The number of hydrogen-bond donors (Lipinski definition) is 0. The van der Waals surface area contributed by atoms with E-state index in [0.29, 0.717) is 13.1 Å². The van der Waals surface area contributed by atoms with Gasteiger partial charge in [-0.1, -0.05) is 38.1 Å². The Labute approximate surface area is 109 Å². The van der Waals surface area contributed by atoms with Gasteiger partial charge < -0.3 is 7.97 Å². The number of benzene rings is 1. The van der Waals surface area contributed by atoms with Crippen molar-refractivity contribution < 1.29 is 7.86 Å². The molecule has 0 saturated carbocycles. The zero-order valence-corrected chi connectivity index (χ0v) is 11.5. The molecule has 1 aromatic carbocycles. The normalized spacial score (nSPS) is 17.8. The SMILES string of the molecule is CC1(C)CN(C(=O)OI)Cc2ccccc21. The first-order valence-electron chi connectivity index (χ1n) is 5.20. The van der Waals surface area contributed by atoms with Crippen molar-refractivity contribution in [3.8, 4) is 0 Å². The van der Waals surface area contributed by atoms with E-state index in [1.807, 2.05) is 12.1 Å². The van der Waals surface area contributed by atoms with Crippen molar-refractivity contribution in [3.05, 3.63) is 35.4 Å².